The summed E-state index contributed by atoms with van der Waals surface area (Å²) in [5.74, 6) is -1.08. The summed E-state index contributed by atoms with van der Waals surface area (Å²) in [6, 6.07) is 3.36. The van der Waals surface area contributed by atoms with E-state index in [9.17, 15) is 23.3 Å². The topological polar surface area (TPSA) is 153 Å². The molecule has 0 radical (unpaired) electrons. The van der Waals surface area contributed by atoms with Crippen molar-refractivity contribution >= 4 is 21.6 Å². The zero-order valence-electron chi connectivity index (χ0n) is 10.4. The third-order valence-corrected chi connectivity index (χ3v) is 4.03. The second-order valence-corrected chi connectivity index (χ2v) is 5.71. The molecule has 1 aromatic carbocycles. The van der Waals surface area contributed by atoms with Gasteiger partial charge in [0, 0.05) is 18.7 Å². The van der Waals surface area contributed by atoms with Crippen LogP contribution in [-0.2, 0) is 14.8 Å². The van der Waals surface area contributed by atoms with E-state index >= 15 is 0 Å². The Morgan fingerprint density at radius 1 is 1.55 bits per heavy atom. The number of nitrogens with zero attached hydrogens (tertiary/aromatic N) is 1. The molecule has 1 rings (SSSR count). The van der Waals surface area contributed by atoms with Crippen LogP contribution in [0.3, 0.4) is 0 Å². The number of hydrogen-bond acceptors (Lipinski definition) is 6. The molecule has 1 amide bonds. The van der Waals surface area contributed by atoms with Gasteiger partial charge in [-0.25, -0.2) is 13.1 Å². The van der Waals surface area contributed by atoms with Gasteiger partial charge in [-0.1, -0.05) is 6.07 Å². The molecule has 0 aliphatic carbocycles. The molecule has 4 N–H and O–H groups in total. The maximum Gasteiger partial charge on any atom is 0.270 e. The van der Waals surface area contributed by atoms with Crippen molar-refractivity contribution < 1.29 is 23.2 Å². The number of non-ortho nitro benzene ring substituents is 1. The smallest absolute Gasteiger partial charge is 0.270 e. The maximum absolute atomic E-state index is 12.0. The van der Waals surface area contributed by atoms with Gasteiger partial charge in [0.2, 0.25) is 15.9 Å². The summed E-state index contributed by atoms with van der Waals surface area (Å²) < 4.78 is 25.9. The molecule has 10 heteroatoms. The molecule has 1 unspecified atom stereocenters. The van der Waals surface area contributed by atoms with E-state index in [2.05, 4.69) is 0 Å². The van der Waals surface area contributed by atoms with Gasteiger partial charge in [0.1, 0.15) is 6.10 Å². The van der Waals surface area contributed by atoms with Crippen molar-refractivity contribution in [2.75, 3.05) is 6.54 Å². The lowest BCUT2D eigenvalue weighted by molar-refractivity contribution is -0.385. The molecule has 0 heterocycles. The van der Waals surface area contributed by atoms with E-state index < -0.39 is 33.5 Å². The quantitative estimate of drug-likeness (QED) is 0.454. The number of nitrogens with two attached hydrogens (primary N) is 1. The summed E-state index contributed by atoms with van der Waals surface area (Å²) in [6.07, 6.45) is -1.68. The lowest BCUT2D eigenvalue weighted by Gasteiger charge is -2.11. The van der Waals surface area contributed by atoms with E-state index in [1.807, 2.05) is 4.72 Å². The first kappa shape index (κ1) is 16.0. The summed E-state index contributed by atoms with van der Waals surface area (Å²) in [4.78, 5) is 20.2. The Bertz CT molecular complexity index is 642. The van der Waals surface area contributed by atoms with Gasteiger partial charge in [-0.05, 0) is 12.5 Å². The molecule has 110 valence electrons. The number of aliphatic hydroxyl groups is 1. The van der Waals surface area contributed by atoms with Gasteiger partial charge in [-0.2, -0.15) is 0 Å². The number of nitrogens with one attached hydrogen (secondary N) is 1. The average molecular weight is 303 g/mol. The van der Waals surface area contributed by atoms with Gasteiger partial charge in [0.25, 0.3) is 5.69 Å². The number of hydrogen-bond donors (Lipinski definition) is 3. The number of nitro benzene ring substituents is 1. The van der Waals surface area contributed by atoms with Crippen molar-refractivity contribution in [1.82, 2.24) is 4.72 Å². The fraction of sp³-hybridized carbons (Fsp3) is 0.300. The normalized spacial score (nSPS) is 12.9. The van der Waals surface area contributed by atoms with Gasteiger partial charge >= 0.3 is 0 Å². The van der Waals surface area contributed by atoms with Gasteiger partial charge in [-0.3, -0.25) is 14.9 Å². The van der Waals surface area contributed by atoms with Crippen LogP contribution in [0.2, 0.25) is 0 Å². The largest absolute Gasteiger partial charge is 0.382 e. The molecule has 0 bridgehead atoms. The highest BCUT2D eigenvalue weighted by molar-refractivity contribution is 7.89. The lowest BCUT2D eigenvalue weighted by atomic mass is 10.2. The highest BCUT2D eigenvalue weighted by Gasteiger charge is 2.22. The van der Waals surface area contributed by atoms with E-state index in [1.165, 1.54) is 19.1 Å². The van der Waals surface area contributed by atoms with Crippen LogP contribution < -0.4 is 10.5 Å². The molecule has 0 aliphatic heterocycles. The minimum atomic E-state index is -4.10. The van der Waals surface area contributed by atoms with Crippen LogP contribution in [0.25, 0.3) is 0 Å². The van der Waals surface area contributed by atoms with E-state index in [1.54, 1.807) is 0 Å². The Morgan fingerprint density at radius 3 is 2.65 bits per heavy atom. The van der Waals surface area contributed by atoms with E-state index in [0.717, 1.165) is 6.07 Å². The highest BCUT2D eigenvalue weighted by Crippen LogP contribution is 2.21. The Morgan fingerprint density at radius 2 is 2.15 bits per heavy atom. The first-order valence-corrected chi connectivity index (χ1v) is 6.85. The summed E-state index contributed by atoms with van der Waals surface area (Å²) in [6.45, 7) is 0.850. The van der Waals surface area contributed by atoms with Gasteiger partial charge in [0.05, 0.1) is 9.82 Å². The van der Waals surface area contributed by atoms with Crippen molar-refractivity contribution in [1.29, 1.82) is 0 Å². The summed E-state index contributed by atoms with van der Waals surface area (Å²) in [7, 11) is -4.10. The highest BCUT2D eigenvalue weighted by atomic mass is 32.2. The molecule has 0 saturated heterocycles. The van der Waals surface area contributed by atoms with E-state index in [0.29, 0.717) is 0 Å². The molecule has 0 spiro atoms. The summed E-state index contributed by atoms with van der Waals surface area (Å²) in [5, 5.41) is 19.8. The van der Waals surface area contributed by atoms with Crippen LogP contribution in [-0.4, -0.2) is 37.0 Å². The average Bonchev–Trinajstić information content (AvgIpc) is 2.35. The minimum Gasteiger partial charge on any atom is -0.382 e. The Hall–Kier alpha value is -2.04. The predicted molar refractivity (Wildman–Crippen MR) is 68.2 cm³/mol. The SMILES string of the molecule is Cc1ccc([N+](=O)[O-])cc1S(=O)(=O)NCC(O)C(N)=O. The van der Waals surface area contributed by atoms with Crippen molar-refractivity contribution in [3.8, 4) is 0 Å². The second-order valence-electron chi connectivity index (χ2n) is 3.98. The van der Waals surface area contributed by atoms with Gasteiger partial charge < -0.3 is 10.8 Å². The van der Waals surface area contributed by atoms with E-state index in [4.69, 9.17) is 10.8 Å². The first-order valence-electron chi connectivity index (χ1n) is 5.37. The minimum absolute atomic E-state index is 0.289. The number of benzene rings is 1. The molecule has 1 aromatic rings. The fourth-order valence-corrected chi connectivity index (χ4v) is 2.66. The van der Waals surface area contributed by atoms with Crippen LogP contribution in [0.1, 0.15) is 5.56 Å². The molecule has 1 atom stereocenters. The first-order chi connectivity index (χ1) is 9.15. The predicted octanol–water partition coefficient (Wildman–Crippen LogP) is -0.972. The number of aryl methyl sites for hydroxylation is 1. The number of aliphatic hydroxyl groups excluding tert-OH is 1. The Balaban J connectivity index is 3.06. The Labute approximate surface area is 114 Å². The Kier molecular flexibility index (Phi) is 4.76. The number of primary amides is 1. The number of sulfonamides is 1. The van der Waals surface area contributed by atoms with Crippen LogP contribution in [0.5, 0.6) is 0 Å². The molecular formula is C10H13N3O6S. The van der Waals surface area contributed by atoms with Gasteiger partial charge in [-0.15, -0.1) is 0 Å². The maximum atomic E-state index is 12.0. The zero-order valence-corrected chi connectivity index (χ0v) is 11.3. The lowest BCUT2D eigenvalue weighted by Crippen LogP contribution is -2.40. The van der Waals surface area contributed by atoms with Crippen LogP contribution in [0.4, 0.5) is 5.69 Å². The van der Waals surface area contributed by atoms with Crippen molar-refractivity contribution in [2.45, 2.75) is 17.9 Å². The van der Waals surface area contributed by atoms with Gasteiger partial charge in [0.15, 0.2) is 0 Å². The third-order valence-electron chi connectivity index (χ3n) is 2.47. The molecular weight excluding hydrogens is 290 g/mol. The number of carbonyl (C=O) groups excluding carboxylic acids is 1. The molecule has 9 nitrogen and oxygen atoms in total. The number of carbonyl (C=O) groups is 1. The standard InChI is InChI=1S/C10H13N3O6S/c1-6-2-3-7(13(16)17)4-9(6)20(18,19)12-5-8(14)10(11)15/h2-4,8,12,14H,5H2,1H3,(H2,11,15). The number of nitro groups is 1. The summed E-state index contributed by atoms with van der Waals surface area (Å²) >= 11 is 0. The zero-order chi connectivity index (χ0) is 15.5. The second kappa shape index (κ2) is 5.94. The molecule has 20 heavy (non-hydrogen) atoms. The third kappa shape index (κ3) is 3.73. The van der Waals surface area contributed by atoms with Crippen molar-refractivity contribution in [3.63, 3.8) is 0 Å². The van der Waals surface area contributed by atoms with E-state index in [-0.39, 0.29) is 16.1 Å². The van der Waals surface area contributed by atoms with Crippen LogP contribution in [0, 0.1) is 17.0 Å². The summed E-state index contributed by atoms with van der Waals surface area (Å²) in [5.41, 5.74) is 4.69. The molecule has 0 aromatic heterocycles. The van der Waals surface area contributed by atoms with Crippen molar-refractivity contribution in [3.05, 3.63) is 33.9 Å². The number of amides is 1. The number of rotatable bonds is 6. The fourth-order valence-electron chi connectivity index (χ4n) is 1.36. The monoisotopic (exact) mass is 303 g/mol. The van der Waals surface area contributed by atoms with Crippen LogP contribution in [0.15, 0.2) is 23.1 Å². The van der Waals surface area contributed by atoms with Crippen LogP contribution >= 0.6 is 0 Å². The molecule has 0 fully saturated rings. The molecule has 0 aliphatic rings. The molecule has 0 saturated carbocycles. The van der Waals surface area contributed by atoms with Crippen molar-refractivity contribution in [2.24, 2.45) is 5.73 Å².